The average molecular weight is 421 g/mol. The lowest BCUT2D eigenvalue weighted by atomic mass is 9.45. The summed E-state index contributed by atoms with van der Waals surface area (Å²) in [5.41, 5.74) is -1.23. The van der Waals surface area contributed by atoms with Crippen LogP contribution in [0.5, 0.6) is 0 Å². The Morgan fingerprint density at radius 3 is 0.833 bits per heavy atom. The average Bonchev–Trinajstić information content (AvgIpc) is 2.76. The number of unbranched alkanes of at least 4 members (excludes halogenated alkanes) is 12. The molecule has 0 atom stereocenters. The lowest BCUT2D eigenvalue weighted by molar-refractivity contribution is -0.175. The van der Waals surface area contributed by atoms with Crippen molar-refractivity contribution in [1.82, 2.24) is 0 Å². The maximum absolute atomic E-state index is 13.9. The minimum absolute atomic E-state index is 0.362. The topological polar surface area (TPSA) is 34.1 Å². The van der Waals surface area contributed by atoms with Crippen LogP contribution in [0.1, 0.15) is 156 Å². The third kappa shape index (κ3) is 7.20. The molecule has 0 heterocycles. The van der Waals surface area contributed by atoms with E-state index in [0.29, 0.717) is 11.6 Å². The van der Waals surface area contributed by atoms with Gasteiger partial charge in [-0.1, -0.05) is 130 Å². The maximum Gasteiger partial charge on any atom is 0.159 e. The van der Waals surface area contributed by atoms with E-state index in [1.54, 1.807) is 0 Å². The molecule has 1 aliphatic carbocycles. The Labute approximate surface area is 188 Å². The molecule has 176 valence electrons. The van der Waals surface area contributed by atoms with Crippen molar-refractivity contribution in [2.45, 2.75) is 156 Å². The van der Waals surface area contributed by atoms with E-state index in [-0.39, 0.29) is 0 Å². The van der Waals surface area contributed by atoms with Crippen LogP contribution in [0.3, 0.4) is 0 Å². The first kappa shape index (κ1) is 27.4. The molecule has 0 aliphatic heterocycles. The molecule has 0 N–H and O–H groups in total. The van der Waals surface area contributed by atoms with Crippen molar-refractivity contribution in [1.29, 1.82) is 0 Å². The van der Waals surface area contributed by atoms with Crippen molar-refractivity contribution >= 4 is 11.6 Å². The van der Waals surface area contributed by atoms with Gasteiger partial charge in [0, 0.05) is 0 Å². The summed E-state index contributed by atoms with van der Waals surface area (Å²) < 4.78 is 0. The maximum atomic E-state index is 13.9. The normalized spacial score (nSPS) is 17.3. The number of hydrogen-bond donors (Lipinski definition) is 0. The van der Waals surface area contributed by atoms with Crippen molar-refractivity contribution in [3.05, 3.63) is 0 Å². The quantitative estimate of drug-likeness (QED) is 0.145. The number of hydrogen-bond acceptors (Lipinski definition) is 2. The number of rotatable bonds is 20. The number of carbonyl (C=O) groups is 2. The minimum Gasteiger partial charge on any atom is -0.297 e. The molecule has 1 aliphatic rings. The zero-order valence-electron chi connectivity index (χ0n) is 21.0. The summed E-state index contributed by atoms with van der Waals surface area (Å²) >= 11 is 0. The highest BCUT2D eigenvalue weighted by atomic mass is 16.2. The van der Waals surface area contributed by atoms with E-state index in [1.807, 2.05) is 0 Å². The second-order valence-electron chi connectivity index (χ2n) is 10.1. The lowest BCUT2D eigenvalue weighted by Gasteiger charge is -2.53. The van der Waals surface area contributed by atoms with Crippen LogP contribution in [-0.2, 0) is 9.59 Å². The molecule has 0 aromatic rings. The molecule has 0 bridgehead atoms. The third-order valence-corrected chi connectivity index (χ3v) is 7.57. The van der Waals surface area contributed by atoms with Gasteiger partial charge in [0.05, 0.1) is 10.8 Å². The van der Waals surface area contributed by atoms with E-state index < -0.39 is 10.8 Å². The Morgan fingerprint density at radius 1 is 0.400 bits per heavy atom. The largest absolute Gasteiger partial charge is 0.297 e. The van der Waals surface area contributed by atoms with E-state index >= 15 is 0 Å². The summed E-state index contributed by atoms with van der Waals surface area (Å²) in [6.45, 7) is 8.88. The lowest BCUT2D eigenvalue weighted by Crippen LogP contribution is -2.66. The summed E-state index contributed by atoms with van der Waals surface area (Å²) in [7, 11) is 0. The van der Waals surface area contributed by atoms with Gasteiger partial charge in [0.1, 0.15) is 0 Å². The molecule has 0 radical (unpaired) electrons. The first-order valence-corrected chi connectivity index (χ1v) is 13.7. The highest BCUT2D eigenvalue weighted by Crippen LogP contribution is 2.57. The van der Waals surface area contributed by atoms with Crippen LogP contribution in [0.4, 0.5) is 0 Å². The second-order valence-corrected chi connectivity index (χ2v) is 10.1. The van der Waals surface area contributed by atoms with Gasteiger partial charge < -0.3 is 0 Å². The fraction of sp³-hybridized carbons (Fsp3) is 0.929. The number of carbonyl (C=O) groups excluding carboxylic acids is 2. The molecular formula is C28H52O2. The van der Waals surface area contributed by atoms with E-state index in [1.165, 1.54) is 51.4 Å². The molecular weight excluding hydrogens is 368 g/mol. The molecule has 1 saturated carbocycles. The SMILES string of the molecule is CCCCCCC1(CCCCCC)C(=O)C(CCCCCC)(CCCCCC)C1=O. The Balaban J connectivity index is 2.90. The highest BCUT2D eigenvalue weighted by molar-refractivity contribution is 6.30. The van der Waals surface area contributed by atoms with Crippen molar-refractivity contribution < 1.29 is 9.59 Å². The van der Waals surface area contributed by atoms with Gasteiger partial charge in [-0.2, -0.15) is 0 Å². The zero-order chi connectivity index (χ0) is 22.3. The summed E-state index contributed by atoms with van der Waals surface area (Å²) in [6.07, 6.45) is 21.8. The molecule has 30 heavy (non-hydrogen) atoms. The molecule has 1 rings (SSSR count). The molecule has 0 spiro atoms. The summed E-state index contributed by atoms with van der Waals surface area (Å²) in [5, 5.41) is 0. The van der Waals surface area contributed by atoms with Crippen molar-refractivity contribution in [3.8, 4) is 0 Å². The van der Waals surface area contributed by atoms with Gasteiger partial charge in [0.15, 0.2) is 11.6 Å². The van der Waals surface area contributed by atoms with Gasteiger partial charge in [-0.3, -0.25) is 9.59 Å². The fourth-order valence-electron chi connectivity index (χ4n) is 5.63. The molecule has 0 amide bonds. The minimum atomic E-state index is -0.614. The third-order valence-electron chi connectivity index (χ3n) is 7.57. The van der Waals surface area contributed by atoms with Crippen LogP contribution < -0.4 is 0 Å². The Hall–Kier alpha value is -0.660. The van der Waals surface area contributed by atoms with Crippen LogP contribution in [0.25, 0.3) is 0 Å². The predicted molar refractivity (Wildman–Crippen MR) is 130 cm³/mol. The number of Topliss-reactive ketones (excluding diaryl/α,β-unsaturated/α-hetero) is 2. The highest BCUT2D eigenvalue weighted by Gasteiger charge is 2.68. The van der Waals surface area contributed by atoms with Gasteiger partial charge in [-0.15, -0.1) is 0 Å². The summed E-state index contributed by atoms with van der Waals surface area (Å²) in [5.74, 6) is 0.724. The fourth-order valence-corrected chi connectivity index (χ4v) is 5.63. The standard InChI is InChI=1S/C28H52O2/c1-5-9-13-17-21-27(22-18-14-10-6-2)25(29)28(26(27)30,23-19-15-11-7-3)24-20-16-12-8-4/h5-24H2,1-4H3. The molecule has 0 aromatic carbocycles. The van der Waals surface area contributed by atoms with Crippen molar-refractivity contribution in [3.63, 3.8) is 0 Å². The Kier molecular flexibility index (Phi) is 13.9. The monoisotopic (exact) mass is 420 g/mol. The predicted octanol–water partition coefficient (Wildman–Crippen LogP) is 8.99. The zero-order valence-corrected chi connectivity index (χ0v) is 21.0. The van der Waals surface area contributed by atoms with Gasteiger partial charge in [-0.25, -0.2) is 0 Å². The summed E-state index contributed by atoms with van der Waals surface area (Å²) in [6, 6.07) is 0. The molecule has 2 heteroatoms. The molecule has 2 nitrogen and oxygen atoms in total. The van der Waals surface area contributed by atoms with Crippen LogP contribution in [-0.4, -0.2) is 11.6 Å². The first-order valence-electron chi connectivity index (χ1n) is 13.7. The van der Waals surface area contributed by atoms with Crippen molar-refractivity contribution in [2.75, 3.05) is 0 Å². The molecule has 0 saturated heterocycles. The van der Waals surface area contributed by atoms with Crippen LogP contribution in [0.2, 0.25) is 0 Å². The van der Waals surface area contributed by atoms with Gasteiger partial charge in [0.2, 0.25) is 0 Å². The second kappa shape index (κ2) is 15.2. The first-order chi connectivity index (χ1) is 14.6. The van der Waals surface area contributed by atoms with E-state index in [2.05, 4.69) is 27.7 Å². The molecule has 1 fully saturated rings. The van der Waals surface area contributed by atoms with Crippen molar-refractivity contribution in [2.24, 2.45) is 10.8 Å². The number of ketones is 2. The smallest absolute Gasteiger partial charge is 0.159 e. The van der Waals surface area contributed by atoms with E-state index in [0.717, 1.165) is 77.0 Å². The van der Waals surface area contributed by atoms with Crippen LogP contribution in [0, 0.1) is 10.8 Å². The summed E-state index contributed by atoms with van der Waals surface area (Å²) in [4.78, 5) is 27.7. The van der Waals surface area contributed by atoms with E-state index in [4.69, 9.17) is 0 Å². The van der Waals surface area contributed by atoms with Crippen LogP contribution >= 0.6 is 0 Å². The molecule has 0 unspecified atom stereocenters. The van der Waals surface area contributed by atoms with Gasteiger partial charge in [0.25, 0.3) is 0 Å². The Morgan fingerprint density at radius 2 is 0.633 bits per heavy atom. The van der Waals surface area contributed by atoms with Crippen LogP contribution in [0.15, 0.2) is 0 Å². The van der Waals surface area contributed by atoms with Gasteiger partial charge >= 0.3 is 0 Å². The Bertz CT molecular complexity index is 395. The van der Waals surface area contributed by atoms with E-state index in [9.17, 15) is 9.59 Å². The molecule has 0 aromatic heterocycles. The van der Waals surface area contributed by atoms with Gasteiger partial charge in [-0.05, 0) is 25.7 Å².